The molecule has 1 heterocycles. The molecule has 3 aromatic rings. The molecule has 132 valence electrons. The molecule has 0 spiro atoms. The van der Waals surface area contributed by atoms with Gasteiger partial charge in [-0.1, -0.05) is 12.1 Å². The molecule has 0 saturated heterocycles. The molecule has 0 fully saturated rings. The van der Waals surface area contributed by atoms with Gasteiger partial charge in [0.2, 0.25) is 5.95 Å². The van der Waals surface area contributed by atoms with E-state index in [0.717, 1.165) is 28.2 Å². The van der Waals surface area contributed by atoms with Crippen molar-refractivity contribution < 1.29 is 5.11 Å². The van der Waals surface area contributed by atoms with Crippen LogP contribution in [0.2, 0.25) is 0 Å². The summed E-state index contributed by atoms with van der Waals surface area (Å²) in [6.45, 7) is 7.24. The monoisotopic (exact) mass is 347 g/mol. The van der Waals surface area contributed by atoms with E-state index in [2.05, 4.69) is 32.3 Å². The standard InChI is InChI=1S/C20H21N5O/c1-13-12-15(14(2)26)4-9-18(13)24-19-10-11-22-20(25-19)23-17-7-5-16(21-3)6-8-17/h4-12,14,26H,3H2,1-2H3,(H2,22,23,24,25). The van der Waals surface area contributed by atoms with Gasteiger partial charge in [0.05, 0.1) is 11.8 Å². The van der Waals surface area contributed by atoms with E-state index in [1.165, 1.54) is 0 Å². The van der Waals surface area contributed by atoms with Crippen LogP contribution in [0.4, 0.5) is 28.8 Å². The fourth-order valence-corrected chi connectivity index (χ4v) is 2.49. The Labute approximate surface area is 152 Å². The maximum absolute atomic E-state index is 9.68. The molecule has 6 heteroatoms. The number of aliphatic hydroxyl groups excluding tert-OH is 1. The second-order valence-electron chi connectivity index (χ2n) is 5.97. The Morgan fingerprint density at radius 1 is 1.08 bits per heavy atom. The molecule has 1 unspecified atom stereocenters. The number of hydrogen-bond donors (Lipinski definition) is 3. The number of nitrogens with zero attached hydrogens (tertiary/aromatic N) is 3. The van der Waals surface area contributed by atoms with Crippen LogP contribution >= 0.6 is 0 Å². The van der Waals surface area contributed by atoms with E-state index in [9.17, 15) is 5.11 Å². The molecule has 1 aromatic heterocycles. The van der Waals surface area contributed by atoms with E-state index < -0.39 is 6.10 Å². The number of aliphatic hydroxyl groups is 1. The van der Waals surface area contributed by atoms with E-state index >= 15 is 0 Å². The number of benzene rings is 2. The Kier molecular flexibility index (Phi) is 5.24. The Bertz CT molecular complexity index is 906. The lowest BCUT2D eigenvalue weighted by Crippen LogP contribution is -2.01. The largest absolute Gasteiger partial charge is 0.389 e. The van der Waals surface area contributed by atoms with E-state index in [1.807, 2.05) is 49.4 Å². The molecule has 0 amide bonds. The van der Waals surface area contributed by atoms with Crippen molar-refractivity contribution in [2.24, 2.45) is 4.99 Å². The Morgan fingerprint density at radius 2 is 1.85 bits per heavy atom. The van der Waals surface area contributed by atoms with Crippen LogP contribution in [0, 0.1) is 6.92 Å². The Hall–Kier alpha value is -3.25. The minimum atomic E-state index is -0.486. The summed E-state index contributed by atoms with van der Waals surface area (Å²) in [6.07, 6.45) is 1.21. The SMILES string of the molecule is C=Nc1ccc(Nc2nccc(Nc3ccc(C(C)O)cc3C)n2)cc1. The predicted octanol–water partition coefficient (Wildman–Crippen LogP) is 4.66. The van der Waals surface area contributed by atoms with Crippen LogP contribution < -0.4 is 10.6 Å². The number of rotatable bonds is 6. The molecule has 0 saturated carbocycles. The fraction of sp³-hybridized carbons (Fsp3) is 0.150. The summed E-state index contributed by atoms with van der Waals surface area (Å²) < 4.78 is 0. The molecule has 0 aliphatic carbocycles. The molecular weight excluding hydrogens is 326 g/mol. The van der Waals surface area contributed by atoms with Crippen molar-refractivity contribution in [3.63, 3.8) is 0 Å². The average molecular weight is 347 g/mol. The predicted molar refractivity (Wildman–Crippen MR) is 106 cm³/mol. The van der Waals surface area contributed by atoms with Crippen LogP contribution in [0.25, 0.3) is 0 Å². The summed E-state index contributed by atoms with van der Waals surface area (Å²) >= 11 is 0. The number of aromatic nitrogens is 2. The van der Waals surface area contributed by atoms with Crippen LogP contribution in [-0.4, -0.2) is 21.8 Å². The second-order valence-corrected chi connectivity index (χ2v) is 5.97. The first-order valence-corrected chi connectivity index (χ1v) is 8.27. The van der Waals surface area contributed by atoms with Crippen LogP contribution in [-0.2, 0) is 0 Å². The molecule has 0 bridgehead atoms. The van der Waals surface area contributed by atoms with Crippen LogP contribution in [0.1, 0.15) is 24.2 Å². The van der Waals surface area contributed by atoms with Gasteiger partial charge in [0.25, 0.3) is 0 Å². The van der Waals surface area contributed by atoms with E-state index in [1.54, 1.807) is 19.2 Å². The van der Waals surface area contributed by atoms with E-state index in [4.69, 9.17) is 0 Å². The molecule has 0 radical (unpaired) electrons. The lowest BCUT2D eigenvalue weighted by Gasteiger charge is -2.13. The molecule has 6 nitrogen and oxygen atoms in total. The highest BCUT2D eigenvalue weighted by atomic mass is 16.3. The first kappa shape index (κ1) is 17.6. The third-order valence-corrected chi connectivity index (χ3v) is 3.96. The quantitative estimate of drug-likeness (QED) is 0.565. The lowest BCUT2D eigenvalue weighted by atomic mass is 10.1. The van der Waals surface area contributed by atoms with Gasteiger partial charge >= 0.3 is 0 Å². The zero-order valence-corrected chi connectivity index (χ0v) is 14.8. The zero-order valence-electron chi connectivity index (χ0n) is 14.8. The van der Waals surface area contributed by atoms with E-state index in [-0.39, 0.29) is 0 Å². The first-order chi connectivity index (χ1) is 12.5. The molecule has 3 rings (SSSR count). The van der Waals surface area contributed by atoms with Crippen LogP contribution in [0.15, 0.2) is 59.7 Å². The van der Waals surface area contributed by atoms with Crippen LogP contribution in [0.3, 0.4) is 0 Å². The summed E-state index contributed by atoms with van der Waals surface area (Å²) in [6, 6.07) is 15.1. The summed E-state index contributed by atoms with van der Waals surface area (Å²) in [7, 11) is 0. The van der Waals surface area contributed by atoms with Crippen molar-refractivity contribution in [1.29, 1.82) is 0 Å². The summed E-state index contributed by atoms with van der Waals surface area (Å²) in [5.41, 5.74) is 4.52. The third kappa shape index (κ3) is 4.23. The first-order valence-electron chi connectivity index (χ1n) is 8.27. The van der Waals surface area contributed by atoms with Crippen LogP contribution in [0.5, 0.6) is 0 Å². The molecular formula is C20H21N5O. The van der Waals surface area contributed by atoms with E-state index in [0.29, 0.717) is 11.8 Å². The van der Waals surface area contributed by atoms with Crippen molar-refractivity contribution in [1.82, 2.24) is 9.97 Å². The minimum absolute atomic E-state index is 0.486. The molecule has 1 atom stereocenters. The fourth-order valence-electron chi connectivity index (χ4n) is 2.49. The van der Waals surface area contributed by atoms with Gasteiger partial charge in [-0.25, -0.2) is 4.98 Å². The minimum Gasteiger partial charge on any atom is -0.389 e. The molecule has 0 aliphatic rings. The van der Waals surface area contributed by atoms with Gasteiger partial charge in [0, 0.05) is 17.6 Å². The van der Waals surface area contributed by atoms with Crippen molar-refractivity contribution in [2.75, 3.05) is 10.6 Å². The average Bonchev–Trinajstić information content (AvgIpc) is 2.64. The number of aliphatic imine (C=N–C) groups is 1. The number of hydrogen-bond acceptors (Lipinski definition) is 6. The number of nitrogens with one attached hydrogen (secondary N) is 2. The maximum atomic E-state index is 9.68. The summed E-state index contributed by atoms with van der Waals surface area (Å²) in [5, 5.41) is 16.1. The van der Waals surface area contributed by atoms with Crippen molar-refractivity contribution >= 4 is 35.5 Å². The summed E-state index contributed by atoms with van der Waals surface area (Å²) in [4.78, 5) is 12.6. The highest BCUT2D eigenvalue weighted by Crippen LogP contribution is 2.24. The molecule has 2 aromatic carbocycles. The van der Waals surface area contributed by atoms with Gasteiger partial charge in [0.1, 0.15) is 5.82 Å². The molecule has 0 aliphatic heterocycles. The Balaban J connectivity index is 1.75. The number of aryl methyl sites for hydroxylation is 1. The number of anilines is 4. The molecule has 3 N–H and O–H groups in total. The highest BCUT2D eigenvalue weighted by molar-refractivity contribution is 5.63. The van der Waals surface area contributed by atoms with Gasteiger partial charge in [-0.3, -0.25) is 4.99 Å². The van der Waals surface area contributed by atoms with Gasteiger partial charge in [0.15, 0.2) is 0 Å². The highest BCUT2D eigenvalue weighted by Gasteiger charge is 2.06. The van der Waals surface area contributed by atoms with Crippen molar-refractivity contribution in [2.45, 2.75) is 20.0 Å². The lowest BCUT2D eigenvalue weighted by molar-refractivity contribution is 0.199. The smallest absolute Gasteiger partial charge is 0.229 e. The topological polar surface area (TPSA) is 82.4 Å². The third-order valence-electron chi connectivity index (χ3n) is 3.96. The van der Waals surface area contributed by atoms with Gasteiger partial charge in [-0.15, -0.1) is 0 Å². The second kappa shape index (κ2) is 7.76. The van der Waals surface area contributed by atoms with Crippen molar-refractivity contribution in [3.05, 3.63) is 65.9 Å². The Morgan fingerprint density at radius 3 is 2.50 bits per heavy atom. The van der Waals surface area contributed by atoms with Gasteiger partial charge in [-0.05, 0) is 68.1 Å². The van der Waals surface area contributed by atoms with Crippen molar-refractivity contribution in [3.8, 4) is 0 Å². The molecule has 26 heavy (non-hydrogen) atoms. The maximum Gasteiger partial charge on any atom is 0.229 e. The van der Waals surface area contributed by atoms with Gasteiger partial charge in [-0.2, -0.15) is 4.98 Å². The van der Waals surface area contributed by atoms with Gasteiger partial charge < -0.3 is 15.7 Å². The zero-order chi connectivity index (χ0) is 18.5. The normalized spacial score (nSPS) is 11.7. The summed E-state index contributed by atoms with van der Waals surface area (Å²) in [5.74, 6) is 1.17.